The number of benzene rings is 2. The molecule has 2 saturated heterocycles. The maximum Gasteiger partial charge on any atom is 0.255 e. The minimum Gasteiger partial charge on any atom is -0.370 e. The number of nitrogens with zero attached hydrogens (tertiary/aromatic N) is 2. The summed E-state index contributed by atoms with van der Waals surface area (Å²) in [6.07, 6.45) is 3.64. The van der Waals surface area contributed by atoms with Crippen LogP contribution in [0, 0.1) is 17.7 Å². The van der Waals surface area contributed by atoms with Crippen LogP contribution in [-0.4, -0.2) is 44.8 Å². The molecule has 33 heavy (non-hydrogen) atoms. The Balaban J connectivity index is 1.69. The maximum absolute atomic E-state index is 14.0. The molecule has 178 valence electrons. The van der Waals surface area contributed by atoms with Crippen LogP contribution in [0.5, 0.6) is 0 Å². The van der Waals surface area contributed by atoms with Gasteiger partial charge >= 0.3 is 0 Å². The highest BCUT2D eigenvalue weighted by Crippen LogP contribution is 2.34. The monoisotopic (exact) mass is 473 g/mol. The Morgan fingerprint density at radius 3 is 2.18 bits per heavy atom. The van der Waals surface area contributed by atoms with Crippen molar-refractivity contribution in [1.82, 2.24) is 4.31 Å². The minimum absolute atomic E-state index is 0.0611. The number of carbonyl (C=O) groups is 1. The van der Waals surface area contributed by atoms with E-state index in [1.54, 1.807) is 24.3 Å². The lowest BCUT2D eigenvalue weighted by atomic mass is 9.98. The first kappa shape index (κ1) is 23.7. The van der Waals surface area contributed by atoms with Gasteiger partial charge in [-0.15, -0.1) is 0 Å². The molecule has 2 aromatic rings. The Morgan fingerprint density at radius 2 is 1.55 bits per heavy atom. The molecule has 2 aliphatic heterocycles. The second-order valence-corrected chi connectivity index (χ2v) is 11.3. The highest BCUT2D eigenvalue weighted by Gasteiger charge is 2.32. The summed E-state index contributed by atoms with van der Waals surface area (Å²) in [5.74, 6) is 0.0240. The van der Waals surface area contributed by atoms with Gasteiger partial charge in [0.25, 0.3) is 5.91 Å². The number of amides is 1. The fourth-order valence-electron chi connectivity index (χ4n) is 4.49. The van der Waals surface area contributed by atoms with Crippen LogP contribution in [0.25, 0.3) is 0 Å². The largest absolute Gasteiger partial charge is 0.370 e. The summed E-state index contributed by atoms with van der Waals surface area (Å²) < 4.78 is 43.0. The second-order valence-electron chi connectivity index (χ2n) is 9.37. The van der Waals surface area contributed by atoms with Crippen molar-refractivity contribution in [3.05, 3.63) is 53.8 Å². The van der Waals surface area contributed by atoms with Gasteiger partial charge in [-0.05, 0) is 67.9 Å². The number of hydrogen-bond donors (Lipinski definition) is 1. The first-order valence-electron chi connectivity index (χ1n) is 11.7. The molecule has 0 radical (unpaired) electrons. The van der Waals surface area contributed by atoms with E-state index in [9.17, 15) is 17.6 Å². The molecular weight excluding hydrogens is 441 g/mol. The molecule has 0 saturated carbocycles. The van der Waals surface area contributed by atoms with Gasteiger partial charge in [0.2, 0.25) is 10.0 Å². The van der Waals surface area contributed by atoms with Gasteiger partial charge in [0, 0.05) is 31.7 Å². The summed E-state index contributed by atoms with van der Waals surface area (Å²) in [6.45, 7) is 6.86. The van der Waals surface area contributed by atoms with Crippen molar-refractivity contribution in [2.45, 2.75) is 44.4 Å². The molecule has 8 heteroatoms. The molecule has 2 aliphatic rings. The maximum atomic E-state index is 14.0. The Hall–Kier alpha value is -2.45. The number of nitrogens with one attached hydrogen (secondary N) is 1. The average molecular weight is 474 g/mol. The summed E-state index contributed by atoms with van der Waals surface area (Å²) in [5.41, 5.74) is 0.894. The van der Waals surface area contributed by atoms with Gasteiger partial charge in [-0.1, -0.05) is 26.0 Å². The third-order valence-electron chi connectivity index (χ3n) is 6.83. The van der Waals surface area contributed by atoms with E-state index in [0.717, 1.165) is 38.8 Å². The Morgan fingerprint density at radius 1 is 0.939 bits per heavy atom. The number of para-hydroxylation sites is 1. The summed E-state index contributed by atoms with van der Waals surface area (Å²) in [5, 5.41) is 2.56. The van der Waals surface area contributed by atoms with Crippen LogP contribution in [0.2, 0.25) is 0 Å². The van der Waals surface area contributed by atoms with Crippen LogP contribution in [0.4, 0.5) is 15.8 Å². The van der Waals surface area contributed by atoms with Crippen LogP contribution >= 0.6 is 0 Å². The Bertz CT molecular complexity index is 1110. The molecular formula is C25H32FN3O3S. The van der Waals surface area contributed by atoms with Crippen molar-refractivity contribution >= 4 is 27.3 Å². The number of halogens is 1. The van der Waals surface area contributed by atoms with Gasteiger partial charge in [0.05, 0.1) is 11.4 Å². The van der Waals surface area contributed by atoms with Gasteiger partial charge < -0.3 is 10.2 Å². The number of piperidine rings is 2. The van der Waals surface area contributed by atoms with Gasteiger partial charge in [-0.25, -0.2) is 12.8 Å². The van der Waals surface area contributed by atoms with E-state index in [0.29, 0.717) is 30.6 Å². The fraction of sp³-hybridized carbons (Fsp3) is 0.480. The summed E-state index contributed by atoms with van der Waals surface area (Å²) in [6, 6.07) is 10.7. The summed E-state index contributed by atoms with van der Waals surface area (Å²) >= 11 is 0. The number of sulfonamides is 1. The van der Waals surface area contributed by atoms with Crippen LogP contribution in [-0.2, 0) is 10.0 Å². The van der Waals surface area contributed by atoms with Crippen molar-refractivity contribution in [1.29, 1.82) is 0 Å². The third kappa shape index (κ3) is 5.22. The highest BCUT2D eigenvalue weighted by molar-refractivity contribution is 7.89. The van der Waals surface area contributed by atoms with Crippen molar-refractivity contribution in [2.75, 3.05) is 36.4 Å². The first-order chi connectivity index (χ1) is 15.8. The molecule has 0 unspecified atom stereocenters. The predicted molar refractivity (Wildman–Crippen MR) is 129 cm³/mol. The van der Waals surface area contributed by atoms with Crippen molar-refractivity contribution in [3.63, 3.8) is 0 Å². The molecule has 1 amide bonds. The fourth-order valence-corrected chi connectivity index (χ4v) is 6.20. The van der Waals surface area contributed by atoms with Crippen molar-refractivity contribution in [2.24, 2.45) is 11.8 Å². The van der Waals surface area contributed by atoms with E-state index in [1.807, 2.05) is 0 Å². The van der Waals surface area contributed by atoms with Crippen molar-refractivity contribution < 1.29 is 17.6 Å². The Kier molecular flexibility index (Phi) is 7.05. The van der Waals surface area contributed by atoms with Gasteiger partial charge in [-0.3, -0.25) is 4.79 Å². The standard InChI is InChI=1S/C25H32FN3O3S/c1-18-9-13-28(14-10-18)23-8-7-20(25(30)27-22-6-4-3-5-21(22)26)17-24(23)33(31,32)29-15-11-19(2)12-16-29/h3-8,17-19H,9-16H2,1-2H3,(H,27,30). The molecule has 0 aromatic heterocycles. The molecule has 4 rings (SSSR count). The van der Waals surface area contributed by atoms with Gasteiger partial charge in [0.15, 0.2) is 0 Å². The van der Waals surface area contributed by atoms with E-state index < -0.39 is 21.7 Å². The summed E-state index contributed by atoms with van der Waals surface area (Å²) in [4.78, 5) is 15.2. The smallest absolute Gasteiger partial charge is 0.255 e. The van der Waals surface area contributed by atoms with E-state index in [-0.39, 0.29) is 16.1 Å². The number of rotatable bonds is 5. The van der Waals surface area contributed by atoms with Crippen LogP contribution in [0.3, 0.4) is 0 Å². The predicted octanol–water partition coefficient (Wildman–Crippen LogP) is 4.73. The average Bonchev–Trinajstić information content (AvgIpc) is 2.81. The highest BCUT2D eigenvalue weighted by atomic mass is 32.2. The first-order valence-corrected chi connectivity index (χ1v) is 13.1. The zero-order chi connectivity index (χ0) is 23.6. The molecule has 2 heterocycles. The molecule has 0 bridgehead atoms. The van der Waals surface area contributed by atoms with Crippen LogP contribution in [0.1, 0.15) is 49.9 Å². The Labute approximate surface area is 195 Å². The molecule has 0 spiro atoms. The quantitative estimate of drug-likeness (QED) is 0.681. The molecule has 0 aliphatic carbocycles. The zero-order valence-electron chi connectivity index (χ0n) is 19.3. The number of anilines is 2. The molecule has 6 nitrogen and oxygen atoms in total. The van der Waals surface area contributed by atoms with E-state index in [1.165, 1.54) is 22.5 Å². The van der Waals surface area contributed by atoms with Gasteiger partial charge in [0.1, 0.15) is 10.7 Å². The minimum atomic E-state index is -3.78. The van der Waals surface area contributed by atoms with Gasteiger partial charge in [-0.2, -0.15) is 4.31 Å². The zero-order valence-corrected chi connectivity index (χ0v) is 20.1. The summed E-state index contributed by atoms with van der Waals surface area (Å²) in [7, 11) is -3.78. The van der Waals surface area contributed by atoms with E-state index in [4.69, 9.17) is 0 Å². The molecule has 1 N–H and O–H groups in total. The molecule has 2 aromatic carbocycles. The third-order valence-corrected chi connectivity index (χ3v) is 8.76. The second kappa shape index (κ2) is 9.81. The molecule has 0 atom stereocenters. The van der Waals surface area contributed by atoms with Crippen LogP contribution in [0.15, 0.2) is 47.4 Å². The topological polar surface area (TPSA) is 69.7 Å². The number of carbonyl (C=O) groups excluding carboxylic acids is 1. The van der Waals surface area contributed by atoms with E-state index >= 15 is 0 Å². The van der Waals surface area contributed by atoms with Crippen LogP contribution < -0.4 is 10.2 Å². The lowest BCUT2D eigenvalue weighted by Crippen LogP contribution is -2.39. The van der Waals surface area contributed by atoms with E-state index in [2.05, 4.69) is 24.1 Å². The lowest BCUT2D eigenvalue weighted by Gasteiger charge is -2.35. The van der Waals surface area contributed by atoms with Crippen molar-refractivity contribution in [3.8, 4) is 0 Å². The number of hydrogen-bond acceptors (Lipinski definition) is 4. The molecule has 2 fully saturated rings. The normalized spacial score (nSPS) is 18.9. The lowest BCUT2D eigenvalue weighted by molar-refractivity contribution is 0.102. The SMILES string of the molecule is CC1CCN(c2ccc(C(=O)Nc3ccccc3F)cc2S(=O)(=O)N2CCC(C)CC2)CC1.